The van der Waals surface area contributed by atoms with Crippen molar-refractivity contribution in [3.05, 3.63) is 18.5 Å². The fraction of sp³-hybridized carbons (Fsp3) is 0.800. The van der Waals surface area contributed by atoms with Crippen molar-refractivity contribution in [3.8, 4) is 0 Å². The molecule has 0 bridgehead atoms. The van der Waals surface area contributed by atoms with Crippen molar-refractivity contribution in [1.82, 2.24) is 20.3 Å². The molecule has 5 heteroatoms. The molecule has 0 radical (unpaired) electrons. The lowest BCUT2D eigenvalue weighted by Crippen LogP contribution is -2.55. The van der Waals surface area contributed by atoms with Gasteiger partial charge in [-0.2, -0.15) is 0 Å². The lowest BCUT2D eigenvalue weighted by atomic mass is 9.44. The molecule has 3 aliphatic carbocycles. The quantitative estimate of drug-likeness (QED) is 0.767. The molecule has 0 spiro atoms. The van der Waals surface area contributed by atoms with Gasteiger partial charge in [-0.05, 0) is 67.1 Å². The summed E-state index contributed by atoms with van der Waals surface area (Å²) in [5.74, 6) is 3.86. The van der Waals surface area contributed by atoms with Gasteiger partial charge >= 0.3 is 0 Å². The maximum absolute atomic E-state index is 12.3. The minimum Gasteiger partial charge on any atom is -0.356 e. The van der Waals surface area contributed by atoms with Crippen LogP contribution >= 0.6 is 0 Å². The van der Waals surface area contributed by atoms with Crippen molar-refractivity contribution in [3.63, 3.8) is 0 Å². The van der Waals surface area contributed by atoms with Crippen molar-refractivity contribution < 1.29 is 4.79 Å². The number of nitrogens with one attached hydrogen (secondary N) is 1. The van der Waals surface area contributed by atoms with Crippen LogP contribution in [0.25, 0.3) is 5.70 Å². The summed E-state index contributed by atoms with van der Waals surface area (Å²) < 4.78 is 2.02. The normalized spacial score (nSPS) is 43.1. The first kappa shape index (κ1) is 20.3. The summed E-state index contributed by atoms with van der Waals surface area (Å²) in [7, 11) is 0. The second-order valence-corrected chi connectivity index (χ2v) is 11.1. The minimum absolute atomic E-state index is 0.201. The van der Waals surface area contributed by atoms with Gasteiger partial charge < -0.3 is 5.32 Å². The maximum atomic E-state index is 12.3. The van der Waals surface area contributed by atoms with E-state index in [1.165, 1.54) is 50.6 Å². The molecule has 5 rings (SSSR count). The predicted octanol–water partition coefficient (Wildman–Crippen LogP) is 4.91. The maximum Gasteiger partial charge on any atom is 0.220 e. The molecule has 30 heavy (non-hydrogen) atoms. The van der Waals surface area contributed by atoms with E-state index in [1.807, 2.05) is 10.9 Å². The number of hydrogen-bond acceptors (Lipinski definition) is 3. The van der Waals surface area contributed by atoms with E-state index in [0.717, 1.165) is 30.7 Å². The van der Waals surface area contributed by atoms with Gasteiger partial charge in [-0.3, -0.25) is 4.79 Å². The number of amides is 1. The van der Waals surface area contributed by atoms with Gasteiger partial charge in [0.1, 0.15) is 0 Å². The number of aromatic nitrogens is 3. The Hall–Kier alpha value is -1.65. The number of allylic oxidation sites excluding steroid dienone is 2. The molecule has 5 nitrogen and oxygen atoms in total. The highest BCUT2D eigenvalue weighted by molar-refractivity contribution is 5.76. The second-order valence-electron chi connectivity index (χ2n) is 11.1. The van der Waals surface area contributed by atoms with E-state index < -0.39 is 0 Å². The summed E-state index contributed by atoms with van der Waals surface area (Å²) in [5, 5.41) is 11.7. The van der Waals surface area contributed by atoms with Gasteiger partial charge in [0, 0.05) is 24.1 Å². The Morgan fingerprint density at radius 1 is 1.23 bits per heavy atom. The SMILES string of the molecule is CCCCC1CC2C3CC=C(n4ccnn4)C3(C)CCC2C2(C)CCC(=O)NCC12. The van der Waals surface area contributed by atoms with Crippen LogP contribution in [0.1, 0.15) is 78.6 Å². The van der Waals surface area contributed by atoms with Gasteiger partial charge in [-0.25, -0.2) is 4.68 Å². The van der Waals surface area contributed by atoms with E-state index in [1.54, 1.807) is 6.20 Å². The first-order valence-electron chi connectivity index (χ1n) is 12.3. The summed E-state index contributed by atoms with van der Waals surface area (Å²) in [6.07, 6.45) is 17.0. The molecule has 7 atom stereocenters. The smallest absolute Gasteiger partial charge is 0.220 e. The molecule has 1 N–H and O–H groups in total. The van der Waals surface area contributed by atoms with Crippen LogP contribution in [0.4, 0.5) is 0 Å². The van der Waals surface area contributed by atoms with Crippen LogP contribution < -0.4 is 5.32 Å². The average molecular weight is 411 g/mol. The standard InChI is InChI=1S/C25H38N4O/c1-4-5-6-17-15-18-19-7-8-22(29-14-13-27-28-29)25(19,3)11-9-20(18)24(2)12-10-23(30)26-16-21(17)24/h8,13-14,17-21H,4-7,9-12,15-16H2,1-3H3,(H,26,30). The van der Waals surface area contributed by atoms with Crippen LogP contribution in [0.3, 0.4) is 0 Å². The summed E-state index contributed by atoms with van der Waals surface area (Å²) in [5.41, 5.74) is 1.86. The second kappa shape index (κ2) is 7.49. The molecule has 2 saturated carbocycles. The summed E-state index contributed by atoms with van der Waals surface area (Å²) in [4.78, 5) is 12.3. The van der Waals surface area contributed by atoms with Gasteiger partial charge in [-0.1, -0.05) is 51.3 Å². The zero-order chi connectivity index (χ0) is 20.9. The van der Waals surface area contributed by atoms with Crippen molar-refractivity contribution >= 4 is 11.6 Å². The third kappa shape index (κ3) is 2.98. The molecule has 1 aromatic rings. The van der Waals surface area contributed by atoms with Gasteiger partial charge in [0.25, 0.3) is 0 Å². The van der Waals surface area contributed by atoms with E-state index in [0.29, 0.717) is 18.3 Å². The molecule has 1 amide bonds. The molecule has 0 aromatic carbocycles. The van der Waals surface area contributed by atoms with E-state index in [4.69, 9.17) is 0 Å². The van der Waals surface area contributed by atoms with Crippen molar-refractivity contribution in [1.29, 1.82) is 0 Å². The monoisotopic (exact) mass is 410 g/mol. The van der Waals surface area contributed by atoms with Gasteiger partial charge in [0.15, 0.2) is 0 Å². The molecule has 4 aliphatic rings. The molecule has 1 aliphatic heterocycles. The van der Waals surface area contributed by atoms with Crippen LogP contribution in [0.5, 0.6) is 0 Å². The van der Waals surface area contributed by atoms with Crippen LogP contribution in [-0.2, 0) is 4.79 Å². The van der Waals surface area contributed by atoms with Crippen molar-refractivity contribution in [2.45, 2.75) is 78.6 Å². The first-order chi connectivity index (χ1) is 14.5. The Balaban J connectivity index is 1.48. The van der Waals surface area contributed by atoms with E-state index in [2.05, 4.69) is 42.5 Å². The number of unbranched alkanes of at least 4 members (excludes halogenated alkanes) is 1. The summed E-state index contributed by atoms with van der Waals surface area (Å²) >= 11 is 0. The van der Waals surface area contributed by atoms with Crippen molar-refractivity contribution in [2.75, 3.05) is 6.54 Å². The molecular weight excluding hydrogens is 372 g/mol. The fourth-order valence-electron chi connectivity index (χ4n) is 8.25. The van der Waals surface area contributed by atoms with Crippen LogP contribution in [0.2, 0.25) is 0 Å². The number of rotatable bonds is 4. The highest BCUT2D eigenvalue weighted by atomic mass is 16.1. The molecular formula is C25H38N4O. The van der Waals surface area contributed by atoms with Crippen molar-refractivity contribution in [2.24, 2.45) is 40.4 Å². The zero-order valence-corrected chi connectivity index (χ0v) is 18.9. The third-order valence-corrected chi connectivity index (χ3v) is 9.82. The zero-order valence-electron chi connectivity index (χ0n) is 18.9. The highest BCUT2D eigenvalue weighted by Crippen LogP contribution is 2.67. The lowest BCUT2D eigenvalue weighted by molar-refractivity contribution is -0.121. The first-order valence-corrected chi connectivity index (χ1v) is 12.3. The molecule has 164 valence electrons. The molecule has 3 fully saturated rings. The van der Waals surface area contributed by atoms with Crippen LogP contribution in [-0.4, -0.2) is 27.4 Å². The Morgan fingerprint density at radius 2 is 2.10 bits per heavy atom. The van der Waals surface area contributed by atoms with Gasteiger partial charge in [-0.15, -0.1) is 5.10 Å². The number of fused-ring (bicyclic) bond motifs is 5. The number of nitrogens with zero attached hydrogens (tertiary/aromatic N) is 3. The number of hydrogen-bond donors (Lipinski definition) is 1. The summed E-state index contributed by atoms with van der Waals surface area (Å²) in [6, 6.07) is 0. The molecule has 7 unspecified atom stereocenters. The average Bonchev–Trinajstić information content (AvgIpc) is 3.33. The Bertz CT molecular complexity index is 817. The third-order valence-electron chi connectivity index (χ3n) is 9.82. The topological polar surface area (TPSA) is 59.8 Å². The minimum atomic E-state index is 0.201. The summed E-state index contributed by atoms with van der Waals surface area (Å²) in [6.45, 7) is 8.25. The Labute approximate surface area is 181 Å². The van der Waals surface area contributed by atoms with Gasteiger partial charge in [0.05, 0.1) is 12.4 Å². The van der Waals surface area contributed by atoms with Crippen LogP contribution in [0, 0.1) is 40.4 Å². The highest BCUT2D eigenvalue weighted by Gasteiger charge is 2.60. The Kier molecular flexibility index (Phi) is 5.06. The number of carbonyl (C=O) groups is 1. The van der Waals surface area contributed by atoms with Crippen LogP contribution in [0.15, 0.2) is 18.5 Å². The molecule has 1 saturated heterocycles. The largest absolute Gasteiger partial charge is 0.356 e. The van der Waals surface area contributed by atoms with E-state index in [-0.39, 0.29) is 16.7 Å². The van der Waals surface area contributed by atoms with E-state index >= 15 is 0 Å². The lowest BCUT2D eigenvalue weighted by Gasteiger charge is -2.60. The predicted molar refractivity (Wildman–Crippen MR) is 118 cm³/mol. The number of carbonyl (C=O) groups excluding carboxylic acids is 1. The molecule has 1 aromatic heterocycles. The fourth-order valence-corrected chi connectivity index (χ4v) is 8.25. The van der Waals surface area contributed by atoms with E-state index in [9.17, 15) is 4.79 Å². The van der Waals surface area contributed by atoms with Gasteiger partial charge in [0.2, 0.25) is 5.91 Å². The Morgan fingerprint density at radius 3 is 2.87 bits per heavy atom. The molecule has 2 heterocycles.